The molecule has 21 heavy (non-hydrogen) atoms. The number of nitrogens with zero attached hydrogens (tertiary/aromatic N) is 1. The highest BCUT2D eigenvalue weighted by Gasteiger charge is 2.16. The van der Waals surface area contributed by atoms with Crippen LogP contribution < -0.4 is 11.0 Å². The molecule has 3 rings (SSSR count). The van der Waals surface area contributed by atoms with Crippen molar-refractivity contribution in [1.82, 2.24) is 14.8 Å². The normalized spacial score (nSPS) is 11.1. The summed E-state index contributed by atoms with van der Waals surface area (Å²) in [6.45, 7) is 2.00. The monoisotopic (exact) mass is 303 g/mol. The minimum atomic E-state index is -0.426. The molecule has 0 bridgehead atoms. The van der Waals surface area contributed by atoms with E-state index >= 15 is 0 Å². The van der Waals surface area contributed by atoms with E-state index in [2.05, 4.69) is 10.1 Å². The number of benzene rings is 1. The van der Waals surface area contributed by atoms with Crippen molar-refractivity contribution in [3.63, 3.8) is 0 Å². The van der Waals surface area contributed by atoms with Gasteiger partial charge in [0.25, 0.3) is 5.56 Å². The molecule has 5 nitrogen and oxygen atoms in total. The molecule has 0 aliphatic rings. The molecule has 2 N–H and O–H groups in total. The Labute approximate surface area is 125 Å². The number of halogens is 1. The second-order valence-electron chi connectivity index (χ2n) is 4.83. The summed E-state index contributed by atoms with van der Waals surface area (Å²) in [5, 5.41) is 3.09. The van der Waals surface area contributed by atoms with Gasteiger partial charge in [-0.2, -0.15) is 0 Å². The van der Waals surface area contributed by atoms with Crippen molar-refractivity contribution in [3.8, 4) is 5.69 Å². The predicted molar refractivity (Wildman–Crippen MR) is 83.5 cm³/mol. The number of para-hydroxylation sites is 1. The Kier molecular flexibility index (Phi) is 3.43. The minimum Gasteiger partial charge on any atom is -0.342 e. The van der Waals surface area contributed by atoms with Gasteiger partial charge < -0.3 is 4.98 Å². The molecular formula is C15H14ClN3O2. The second-order valence-corrected chi connectivity index (χ2v) is 5.21. The summed E-state index contributed by atoms with van der Waals surface area (Å²) in [4.78, 5) is 27.8. The summed E-state index contributed by atoms with van der Waals surface area (Å²) in [7, 11) is 0. The smallest absolute Gasteiger partial charge is 0.284 e. The van der Waals surface area contributed by atoms with Crippen molar-refractivity contribution in [2.45, 2.75) is 19.8 Å². The second kappa shape index (κ2) is 5.26. The molecule has 0 unspecified atom stereocenters. The van der Waals surface area contributed by atoms with Crippen LogP contribution in [0, 0.1) is 0 Å². The fourth-order valence-electron chi connectivity index (χ4n) is 2.37. The summed E-state index contributed by atoms with van der Waals surface area (Å²) >= 11 is 6.07. The highest BCUT2D eigenvalue weighted by molar-refractivity contribution is 6.31. The van der Waals surface area contributed by atoms with Crippen molar-refractivity contribution in [2.24, 2.45) is 0 Å². The third-order valence-electron chi connectivity index (χ3n) is 3.37. The van der Waals surface area contributed by atoms with Gasteiger partial charge in [0.05, 0.1) is 5.69 Å². The third-order valence-corrected chi connectivity index (χ3v) is 3.77. The fraction of sp³-hybridized carbons (Fsp3) is 0.200. The number of aromatic nitrogens is 3. The maximum atomic E-state index is 12.4. The lowest BCUT2D eigenvalue weighted by atomic mass is 10.2. The third kappa shape index (κ3) is 2.19. The molecule has 6 heteroatoms. The van der Waals surface area contributed by atoms with Crippen molar-refractivity contribution in [1.29, 1.82) is 0 Å². The van der Waals surface area contributed by atoms with E-state index in [1.54, 1.807) is 12.1 Å². The van der Waals surface area contributed by atoms with Crippen molar-refractivity contribution >= 4 is 22.6 Å². The Morgan fingerprint density at radius 2 is 1.90 bits per heavy atom. The number of pyridine rings is 1. The molecule has 0 saturated heterocycles. The zero-order chi connectivity index (χ0) is 15.0. The molecule has 0 radical (unpaired) electrons. The van der Waals surface area contributed by atoms with E-state index in [1.807, 2.05) is 25.1 Å². The highest BCUT2D eigenvalue weighted by Crippen LogP contribution is 2.15. The molecule has 3 aromatic rings. The van der Waals surface area contributed by atoms with E-state index in [9.17, 15) is 9.59 Å². The SMILES string of the molecule is CCCc1[nH]c2[nH]n(-c3ccccc3)c(=O)c2c(=O)c1Cl. The van der Waals surface area contributed by atoms with Gasteiger partial charge in [-0.05, 0) is 18.6 Å². The molecule has 0 spiro atoms. The van der Waals surface area contributed by atoms with E-state index in [1.165, 1.54) is 4.68 Å². The van der Waals surface area contributed by atoms with Crippen LogP contribution in [0.3, 0.4) is 0 Å². The fourth-order valence-corrected chi connectivity index (χ4v) is 2.61. The Morgan fingerprint density at radius 3 is 2.57 bits per heavy atom. The van der Waals surface area contributed by atoms with Crippen LogP contribution in [0.1, 0.15) is 19.0 Å². The summed E-state index contributed by atoms with van der Waals surface area (Å²) in [5.74, 6) is 0. The number of nitrogens with one attached hydrogen (secondary N) is 2. The zero-order valence-electron chi connectivity index (χ0n) is 11.4. The molecule has 0 aliphatic heterocycles. The quantitative estimate of drug-likeness (QED) is 0.781. The molecule has 0 amide bonds. The van der Waals surface area contributed by atoms with Crippen LogP contribution in [0.25, 0.3) is 16.7 Å². The number of H-pyrrole nitrogens is 2. The van der Waals surface area contributed by atoms with Gasteiger partial charge in [0, 0.05) is 5.69 Å². The maximum absolute atomic E-state index is 12.4. The highest BCUT2D eigenvalue weighted by atomic mass is 35.5. The zero-order valence-corrected chi connectivity index (χ0v) is 12.2. The molecule has 0 saturated carbocycles. The summed E-state index contributed by atoms with van der Waals surface area (Å²) in [5.41, 5.74) is 0.895. The van der Waals surface area contributed by atoms with Gasteiger partial charge in [0.2, 0.25) is 5.43 Å². The van der Waals surface area contributed by atoms with Crippen LogP contribution in [0.4, 0.5) is 0 Å². The van der Waals surface area contributed by atoms with Gasteiger partial charge in [0.15, 0.2) is 0 Å². The average molecular weight is 304 g/mol. The van der Waals surface area contributed by atoms with Crippen molar-refractivity contribution in [3.05, 3.63) is 61.6 Å². The van der Waals surface area contributed by atoms with Gasteiger partial charge in [0.1, 0.15) is 16.1 Å². The van der Waals surface area contributed by atoms with E-state index in [-0.39, 0.29) is 10.4 Å². The summed E-state index contributed by atoms with van der Waals surface area (Å²) in [6, 6.07) is 9.08. The largest absolute Gasteiger partial charge is 0.342 e. The minimum absolute atomic E-state index is 0.0590. The number of aryl methyl sites for hydroxylation is 1. The van der Waals surface area contributed by atoms with E-state index < -0.39 is 11.0 Å². The summed E-state index contributed by atoms with van der Waals surface area (Å²) in [6.07, 6.45) is 1.51. The van der Waals surface area contributed by atoms with E-state index in [0.717, 1.165) is 6.42 Å². The molecule has 2 heterocycles. The predicted octanol–water partition coefficient (Wildman–Crippen LogP) is 2.61. The number of aromatic amines is 2. The van der Waals surface area contributed by atoms with E-state index in [4.69, 9.17) is 11.6 Å². The number of fused-ring (bicyclic) bond motifs is 1. The number of hydrogen-bond donors (Lipinski definition) is 2. The Bertz CT molecular complexity index is 906. The maximum Gasteiger partial charge on any atom is 0.284 e. The van der Waals surface area contributed by atoms with Gasteiger partial charge in [-0.1, -0.05) is 43.1 Å². The van der Waals surface area contributed by atoms with Crippen LogP contribution in [0.5, 0.6) is 0 Å². The first-order valence-electron chi connectivity index (χ1n) is 6.74. The Morgan fingerprint density at radius 1 is 1.19 bits per heavy atom. The van der Waals surface area contributed by atoms with Crippen molar-refractivity contribution < 1.29 is 0 Å². The average Bonchev–Trinajstić information content (AvgIpc) is 2.82. The Hall–Kier alpha value is -2.27. The molecule has 1 aromatic carbocycles. The standard InChI is InChI=1S/C15H14ClN3O2/c1-2-6-10-12(16)13(20)11-14(17-10)18-19(15(11)21)9-7-4-3-5-8-9/h3-5,7-8H,2,6H2,1H3,(H2,17,18,20). The van der Waals surface area contributed by atoms with Crippen LogP contribution in [-0.4, -0.2) is 14.8 Å². The first-order valence-corrected chi connectivity index (χ1v) is 7.12. The molecule has 108 valence electrons. The molecule has 2 aromatic heterocycles. The van der Waals surface area contributed by atoms with E-state index in [0.29, 0.717) is 23.4 Å². The topological polar surface area (TPSA) is 70.7 Å². The molecule has 0 fully saturated rings. The number of rotatable bonds is 3. The lowest BCUT2D eigenvalue weighted by Gasteiger charge is -2.02. The van der Waals surface area contributed by atoms with Gasteiger partial charge in [-0.15, -0.1) is 0 Å². The van der Waals surface area contributed by atoms with Crippen molar-refractivity contribution in [2.75, 3.05) is 0 Å². The van der Waals surface area contributed by atoms with Crippen LogP contribution in [0.2, 0.25) is 5.02 Å². The van der Waals surface area contributed by atoms with Crippen LogP contribution in [0.15, 0.2) is 39.9 Å². The lowest BCUT2D eigenvalue weighted by Crippen LogP contribution is -2.19. The Balaban J connectivity index is 2.33. The first kappa shape index (κ1) is 13.7. The number of hydrogen-bond acceptors (Lipinski definition) is 2. The first-order chi connectivity index (χ1) is 10.1. The van der Waals surface area contributed by atoms with Gasteiger partial charge in [-0.25, -0.2) is 4.68 Å². The molecular weight excluding hydrogens is 290 g/mol. The van der Waals surface area contributed by atoms with Gasteiger partial charge in [-0.3, -0.25) is 14.7 Å². The lowest BCUT2D eigenvalue weighted by molar-refractivity contribution is 0.849. The molecule has 0 aliphatic carbocycles. The summed E-state index contributed by atoms with van der Waals surface area (Å²) < 4.78 is 1.34. The van der Waals surface area contributed by atoms with Crippen LogP contribution in [-0.2, 0) is 6.42 Å². The van der Waals surface area contributed by atoms with Crippen LogP contribution >= 0.6 is 11.6 Å². The molecule has 0 atom stereocenters. The van der Waals surface area contributed by atoms with Gasteiger partial charge >= 0.3 is 0 Å².